The summed E-state index contributed by atoms with van der Waals surface area (Å²) in [5, 5.41) is 8.90. The Morgan fingerprint density at radius 1 is 1.53 bits per heavy atom. The molecule has 1 aliphatic rings. The van der Waals surface area contributed by atoms with Gasteiger partial charge in [-0.3, -0.25) is 9.59 Å². The first-order valence-corrected chi connectivity index (χ1v) is 4.78. The number of rotatable bonds is 3. The third-order valence-corrected chi connectivity index (χ3v) is 2.60. The average molecular weight is 216 g/mol. The van der Waals surface area contributed by atoms with Crippen molar-refractivity contribution in [2.24, 2.45) is 11.7 Å². The van der Waals surface area contributed by atoms with Gasteiger partial charge in [0.05, 0.1) is 25.3 Å². The maximum atomic E-state index is 11.6. The van der Waals surface area contributed by atoms with Gasteiger partial charge >= 0.3 is 5.97 Å². The zero-order valence-corrected chi connectivity index (χ0v) is 8.84. The second-order valence-corrected chi connectivity index (χ2v) is 3.79. The molecule has 1 aliphatic heterocycles. The summed E-state index contributed by atoms with van der Waals surface area (Å²) in [6, 6.07) is -1.04. The number of amides is 1. The van der Waals surface area contributed by atoms with Crippen molar-refractivity contribution in [3.05, 3.63) is 0 Å². The van der Waals surface area contributed by atoms with Crippen molar-refractivity contribution in [3.63, 3.8) is 0 Å². The van der Waals surface area contributed by atoms with E-state index in [1.807, 2.05) is 0 Å². The molecule has 3 N–H and O–H groups in total. The lowest BCUT2D eigenvalue weighted by Crippen LogP contribution is -2.49. The highest BCUT2D eigenvalue weighted by atomic mass is 16.5. The van der Waals surface area contributed by atoms with Crippen LogP contribution in [0.2, 0.25) is 0 Å². The van der Waals surface area contributed by atoms with E-state index in [4.69, 9.17) is 15.6 Å². The van der Waals surface area contributed by atoms with Crippen LogP contribution in [0.15, 0.2) is 0 Å². The molecule has 0 radical (unpaired) electrons. The Balaban J connectivity index is 2.70. The van der Waals surface area contributed by atoms with E-state index in [1.165, 1.54) is 4.90 Å². The molecule has 0 spiro atoms. The minimum atomic E-state index is -0.943. The predicted molar refractivity (Wildman–Crippen MR) is 52.2 cm³/mol. The number of likely N-dealkylation sites (N-methyl/N-ethyl adjacent to an activating group) is 1. The zero-order chi connectivity index (χ0) is 11.6. The van der Waals surface area contributed by atoms with Crippen molar-refractivity contribution in [1.29, 1.82) is 0 Å². The van der Waals surface area contributed by atoms with Gasteiger partial charge in [0, 0.05) is 7.05 Å². The number of nitrogens with two attached hydrogens (primary N) is 1. The molecule has 0 aromatic carbocycles. The van der Waals surface area contributed by atoms with Crippen LogP contribution in [0, 0.1) is 5.92 Å². The van der Waals surface area contributed by atoms with Gasteiger partial charge in [0.15, 0.2) is 0 Å². The summed E-state index contributed by atoms with van der Waals surface area (Å²) in [5.74, 6) is -1.86. The number of carbonyl (C=O) groups excluding carboxylic acids is 1. The molecule has 3 atom stereocenters. The van der Waals surface area contributed by atoms with E-state index in [-0.39, 0.29) is 19.1 Å². The van der Waals surface area contributed by atoms with Gasteiger partial charge in [0.2, 0.25) is 5.91 Å². The first-order valence-electron chi connectivity index (χ1n) is 4.78. The number of carboxylic acids is 1. The molecule has 1 heterocycles. The molecular weight excluding hydrogens is 200 g/mol. The molecule has 0 aromatic rings. The van der Waals surface area contributed by atoms with Crippen LogP contribution in [-0.4, -0.2) is 54.2 Å². The summed E-state index contributed by atoms with van der Waals surface area (Å²) >= 11 is 0. The van der Waals surface area contributed by atoms with Crippen LogP contribution in [0.1, 0.15) is 6.92 Å². The van der Waals surface area contributed by atoms with Gasteiger partial charge in [-0.1, -0.05) is 0 Å². The van der Waals surface area contributed by atoms with E-state index in [0.29, 0.717) is 0 Å². The Kier molecular flexibility index (Phi) is 3.65. The molecule has 1 amide bonds. The first kappa shape index (κ1) is 11.9. The minimum Gasteiger partial charge on any atom is -0.481 e. The third-order valence-electron chi connectivity index (χ3n) is 2.60. The second-order valence-electron chi connectivity index (χ2n) is 3.79. The van der Waals surface area contributed by atoms with Crippen molar-refractivity contribution < 1.29 is 19.4 Å². The van der Waals surface area contributed by atoms with Gasteiger partial charge in [0.25, 0.3) is 0 Å². The molecule has 1 rings (SSSR count). The molecule has 1 saturated heterocycles. The van der Waals surface area contributed by atoms with E-state index in [1.54, 1.807) is 14.0 Å². The van der Waals surface area contributed by atoms with Crippen molar-refractivity contribution >= 4 is 11.9 Å². The fraction of sp³-hybridized carbons (Fsp3) is 0.778. The molecule has 0 bridgehead atoms. The van der Waals surface area contributed by atoms with Gasteiger partial charge < -0.3 is 20.5 Å². The number of carboxylic acid groups (broad SMARTS) is 1. The molecular formula is C9H16N2O4. The summed E-state index contributed by atoms with van der Waals surface area (Å²) in [6.45, 7) is 1.98. The summed E-state index contributed by atoms with van der Waals surface area (Å²) in [6.07, 6.45) is 0. The monoisotopic (exact) mass is 216 g/mol. The van der Waals surface area contributed by atoms with E-state index in [9.17, 15) is 9.59 Å². The van der Waals surface area contributed by atoms with Crippen LogP contribution in [0.25, 0.3) is 0 Å². The number of hydrogen-bond donors (Lipinski definition) is 2. The fourth-order valence-electron chi connectivity index (χ4n) is 1.65. The normalized spacial score (nSPS) is 27.4. The summed E-state index contributed by atoms with van der Waals surface area (Å²) < 4.78 is 5.07. The fourth-order valence-corrected chi connectivity index (χ4v) is 1.65. The van der Waals surface area contributed by atoms with Crippen LogP contribution in [0.3, 0.4) is 0 Å². The van der Waals surface area contributed by atoms with Crippen molar-refractivity contribution in [1.82, 2.24) is 4.90 Å². The lowest BCUT2D eigenvalue weighted by molar-refractivity contribution is -0.144. The summed E-state index contributed by atoms with van der Waals surface area (Å²) in [7, 11) is 1.56. The maximum absolute atomic E-state index is 11.6. The van der Waals surface area contributed by atoms with Gasteiger partial charge in [-0.25, -0.2) is 0 Å². The first-order chi connectivity index (χ1) is 6.95. The minimum absolute atomic E-state index is 0.149. The van der Waals surface area contributed by atoms with E-state index < -0.39 is 24.0 Å². The van der Waals surface area contributed by atoms with Gasteiger partial charge in [0.1, 0.15) is 5.92 Å². The molecule has 0 aromatic heterocycles. The van der Waals surface area contributed by atoms with Crippen LogP contribution in [0.5, 0.6) is 0 Å². The highest BCUT2D eigenvalue weighted by molar-refractivity contribution is 5.82. The highest BCUT2D eigenvalue weighted by Crippen LogP contribution is 2.19. The quantitative estimate of drug-likeness (QED) is 0.624. The Morgan fingerprint density at radius 3 is 2.60 bits per heavy atom. The lowest BCUT2D eigenvalue weighted by Gasteiger charge is -2.27. The zero-order valence-electron chi connectivity index (χ0n) is 8.84. The third kappa shape index (κ3) is 2.45. The molecule has 1 fully saturated rings. The molecule has 2 unspecified atom stereocenters. The van der Waals surface area contributed by atoms with E-state index in [0.717, 1.165) is 0 Å². The van der Waals surface area contributed by atoms with Crippen molar-refractivity contribution in [3.8, 4) is 0 Å². The standard InChI is InChI=1S/C9H16N2O4/c1-5(10)8(12)11(2)7-4-15-3-6(7)9(13)14/h5-7H,3-4,10H2,1-2H3,(H,13,14)/t5-,6?,7?/m0/s1. The Hall–Kier alpha value is -1.14. The molecule has 6 nitrogen and oxygen atoms in total. The SMILES string of the molecule is C[C@H](N)C(=O)N(C)C1COCC1C(=O)O. The molecule has 6 heteroatoms. The largest absolute Gasteiger partial charge is 0.481 e. The van der Waals surface area contributed by atoms with Crippen LogP contribution in [0.4, 0.5) is 0 Å². The maximum Gasteiger partial charge on any atom is 0.311 e. The van der Waals surface area contributed by atoms with Gasteiger partial charge in [-0.05, 0) is 6.92 Å². The predicted octanol–water partition coefficient (Wildman–Crippen LogP) is -1.11. The number of nitrogens with zero attached hydrogens (tertiary/aromatic N) is 1. The smallest absolute Gasteiger partial charge is 0.311 e. The Morgan fingerprint density at radius 2 is 2.13 bits per heavy atom. The Bertz CT molecular complexity index is 267. The van der Waals surface area contributed by atoms with E-state index in [2.05, 4.69) is 0 Å². The topological polar surface area (TPSA) is 92.9 Å². The van der Waals surface area contributed by atoms with Crippen LogP contribution >= 0.6 is 0 Å². The van der Waals surface area contributed by atoms with Crippen molar-refractivity contribution in [2.45, 2.75) is 19.0 Å². The summed E-state index contributed by atoms with van der Waals surface area (Å²) in [4.78, 5) is 23.8. The average Bonchev–Trinajstić information content (AvgIpc) is 2.63. The summed E-state index contributed by atoms with van der Waals surface area (Å²) in [5.41, 5.74) is 5.45. The van der Waals surface area contributed by atoms with E-state index >= 15 is 0 Å². The number of carbonyl (C=O) groups is 2. The van der Waals surface area contributed by atoms with Gasteiger partial charge in [-0.15, -0.1) is 0 Å². The van der Waals surface area contributed by atoms with Crippen LogP contribution in [-0.2, 0) is 14.3 Å². The van der Waals surface area contributed by atoms with Crippen LogP contribution < -0.4 is 5.73 Å². The van der Waals surface area contributed by atoms with Gasteiger partial charge in [-0.2, -0.15) is 0 Å². The number of aliphatic carboxylic acids is 1. The van der Waals surface area contributed by atoms with Crippen molar-refractivity contribution in [2.75, 3.05) is 20.3 Å². The highest BCUT2D eigenvalue weighted by Gasteiger charge is 2.38. The molecule has 0 saturated carbocycles. The Labute approximate surface area is 88.0 Å². The second kappa shape index (κ2) is 4.59. The molecule has 0 aliphatic carbocycles. The molecule has 15 heavy (non-hydrogen) atoms. The lowest BCUT2D eigenvalue weighted by atomic mass is 10.0. The molecule has 86 valence electrons. The number of ether oxygens (including phenoxy) is 1. The number of hydrogen-bond acceptors (Lipinski definition) is 4.